The summed E-state index contributed by atoms with van der Waals surface area (Å²) in [6.07, 6.45) is 0.166. The molecule has 1 aliphatic rings. The van der Waals surface area contributed by atoms with Gasteiger partial charge >= 0.3 is 6.09 Å². The highest BCUT2D eigenvalue weighted by Gasteiger charge is 2.30. The Kier molecular flexibility index (Phi) is 4.86. The number of carbonyl (C=O) groups is 2. The van der Waals surface area contributed by atoms with Gasteiger partial charge in [0.2, 0.25) is 0 Å². The maximum atomic E-state index is 12.6. The van der Waals surface area contributed by atoms with E-state index in [0.29, 0.717) is 29.8 Å². The molecule has 1 aromatic carbocycles. The molecule has 2 heterocycles. The molecule has 27 heavy (non-hydrogen) atoms. The van der Waals surface area contributed by atoms with Gasteiger partial charge in [-0.15, -0.1) is 0 Å². The van der Waals surface area contributed by atoms with Crippen LogP contribution in [-0.2, 0) is 17.7 Å². The highest BCUT2D eigenvalue weighted by atomic mass is 16.6. The second-order valence-corrected chi connectivity index (χ2v) is 7.32. The van der Waals surface area contributed by atoms with Crippen LogP contribution in [-0.4, -0.2) is 39.2 Å². The monoisotopic (exact) mass is 367 g/mol. The lowest BCUT2D eigenvalue weighted by atomic mass is 10.1. The van der Waals surface area contributed by atoms with Gasteiger partial charge in [0.15, 0.2) is 5.69 Å². The quantitative estimate of drug-likeness (QED) is 0.848. The number of benzene rings is 1. The number of carbonyl (C=O) groups excluding carboxylic acids is 2. The van der Waals surface area contributed by atoms with Crippen molar-refractivity contribution in [3.63, 3.8) is 0 Å². The van der Waals surface area contributed by atoms with Gasteiger partial charge in [0.1, 0.15) is 5.60 Å². The molecule has 0 unspecified atom stereocenters. The lowest BCUT2D eigenvalue weighted by molar-refractivity contribution is 0.0222. The van der Waals surface area contributed by atoms with Crippen LogP contribution in [0.25, 0.3) is 0 Å². The third kappa shape index (κ3) is 4.26. The summed E-state index contributed by atoms with van der Waals surface area (Å²) in [5, 5.41) is 18.6. The Morgan fingerprint density at radius 3 is 2.63 bits per heavy atom. The van der Waals surface area contributed by atoms with Crippen molar-refractivity contribution in [1.29, 1.82) is 5.26 Å². The molecular weight excluding hydrogens is 346 g/mol. The minimum absolute atomic E-state index is 0.252. The zero-order valence-electron chi connectivity index (χ0n) is 15.5. The van der Waals surface area contributed by atoms with Gasteiger partial charge in [-0.25, -0.2) is 4.79 Å². The van der Waals surface area contributed by atoms with Crippen LogP contribution in [0, 0.1) is 11.3 Å². The first-order valence-electron chi connectivity index (χ1n) is 8.62. The number of H-pyrrole nitrogens is 1. The number of rotatable bonds is 2. The third-order valence-electron chi connectivity index (χ3n) is 4.07. The summed E-state index contributed by atoms with van der Waals surface area (Å²) < 4.78 is 5.42. The summed E-state index contributed by atoms with van der Waals surface area (Å²) in [7, 11) is 0. The van der Waals surface area contributed by atoms with E-state index in [4.69, 9.17) is 10.00 Å². The second kappa shape index (κ2) is 7.11. The van der Waals surface area contributed by atoms with Crippen molar-refractivity contribution in [2.24, 2.45) is 0 Å². The first-order valence-corrected chi connectivity index (χ1v) is 8.62. The van der Waals surface area contributed by atoms with Crippen LogP contribution in [0.15, 0.2) is 24.3 Å². The number of hydrogen-bond donors (Lipinski definition) is 2. The number of nitrogens with one attached hydrogen (secondary N) is 2. The minimum atomic E-state index is -0.580. The molecule has 8 heteroatoms. The van der Waals surface area contributed by atoms with Gasteiger partial charge in [0.05, 0.1) is 18.2 Å². The number of nitrogens with zero attached hydrogens (tertiary/aromatic N) is 3. The largest absolute Gasteiger partial charge is 0.444 e. The maximum Gasteiger partial charge on any atom is 0.410 e. The molecule has 2 amide bonds. The molecule has 140 valence electrons. The lowest BCUT2D eigenvalue weighted by Gasteiger charge is -2.30. The molecular formula is C19H21N5O3. The van der Waals surface area contributed by atoms with E-state index in [0.717, 1.165) is 5.69 Å². The normalized spacial score (nSPS) is 13.5. The van der Waals surface area contributed by atoms with Crippen LogP contribution >= 0.6 is 0 Å². The van der Waals surface area contributed by atoms with Crippen molar-refractivity contribution in [1.82, 2.24) is 15.1 Å². The second-order valence-electron chi connectivity index (χ2n) is 7.32. The Morgan fingerprint density at radius 1 is 1.30 bits per heavy atom. The number of anilines is 1. The van der Waals surface area contributed by atoms with Crippen LogP contribution in [0.3, 0.4) is 0 Å². The molecule has 3 rings (SSSR count). The molecule has 0 spiro atoms. The Hall–Kier alpha value is -3.34. The molecule has 0 saturated carbocycles. The molecule has 1 aromatic heterocycles. The first-order chi connectivity index (χ1) is 12.8. The highest BCUT2D eigenvalue weighted by molar-refractivity contribution is 6.04. The molecule has 0 radical (unpaired) electrons. The van der Waals surface area contributed by atoms with Crippen LogP contribution < -0.4 is 5.32 Å². The predicted octanol–water partition coefficient (Wildman–Crippen LogP) is 2.83. The van der Waals surface area contributed by atoms with E-state index in [1.54, 1.807) is 29.2 Å². The van der Waals surface area contributed by atoms with Gasteiger partial charge < -0.3 is 15.0 Å². The number of amides is 2. The SMILES string of the molecule is CC(C)(C)OC(=O)N1CCc2[nH]nc(C(=O)Nc3ccc(C#N)cc3)c2C1. The molecule has 0 bridgehead atoms. The Labute approximate surface area is 157 Å². The van der Waals surface area contributed by atoms with E-state index in [9.17, 15) is 9.59 Å². The average molecular weight is 367 g/mol. The number of nitriles is 1. The number of ether oxygens (including phenoxy) is 1. The number of aromatic nitrogens is 2. The maximum absolute atomic E-state index is 12.6. The summed E-state index contributed by atoms with van der Waals surface area (Å²) in [5.41, 5.74) is 2.29. The van der Waals surface area contributed by atoms with Crippen molar-refractivity contribution in [2.75, 3.05) is 11.9 Å². The van der Waals surface area contributed by atoms with E-state index < -0.39 is 11.7 Å². The Balaban J connectivity index is 1.74. The molecule has 8 nitrogen and oxygen atoms in total. The molecule has 0 atom stereocenters. The van der Waals surface area contributed by atoms with Crippen molar-refractivity contribution >= 4 is 17.7 Å². The minimum Gasteiger partial charge on any atom is -0.444 e. The summed E-state index contributed by atoms with van der Waals surface area (Å²) in [5.74, 6) is -0.372. The van der Waals surface area contributed by atoms with Crippen LogP contribution in [0.1, 0.15) is 48.1 Å². The highest BCUT2D eigenvalue weighted by Crippen LogP contribution is 2.23. The fourth-order valence-electron chi connectivity index (χ4n) is 2.78. The smallest absolute Gasteiger partial charge is 0.410 e. The Morgan fingerprint density at radius 2 is 2.00 bits per heavy atom. The first kappa shape index (κ1) is 18.5. The summed E-state index contributed by atoms with van der Waals surface area (Å²) in [6, 6.07) is 8.59. The number of hydrogen-bond acceptors (Lipinski definition) is 5. The lowest BCUT2D eigenvalue weighted by Crippen LogP contribution is -2.40. The summed E-state index contributed by atoms with van der Waals surface area (Å²) in [4.78, 5) is 26.5. The van der Waals surface area contributed by atoms with Crippen LogP contribution in [0.4, 0.5) is 10.5 Å². The van der Waals surface area contributed by atoms with Crippen LogP contribution in [0.2, 0.25) is 0 Å². The van der Waals surface area contributed by atoms with Gasteiger partial charge in [0, 0.05) is 29.9 Å². The van der Waals surface area contributed by atoms with E-state index >= 15 is 0 Å². The van der Waals surface area contributed by atoms with Gasteiger partial charge in [-0.1, -0.05) is 0 Å². The number of fused-ring (bicyclic) bond motifs is 1. The molecule has 1 aliphatic heterocycles. The fraction of sp³-hybridized carbons (Fsp3) is 0.368. The molecule has 0 aliphatic carbocycles. The summed E-state index contributed by atoms with van der Waals surface area (Å²) in [6.45, 7) is 6.20. The van der Waals surface area contributed by atoms with E-state index in [-0.39, 0.29) is 18.1 Å². The van der Waals surface area contributed by atoms with Gasteiger partial charge in [0.25, 0.3) is 5.91 Å². The topological polar surface area (TPSA) is 111 Å². The Bertz CT molecular complexity index is 903. The van der Waals surface area contributed by atoms with Crippen molar-refractivity contribution in [3.8, 4) is 6.07 Å². The summed E-state index contributed by atoms with van der Waals surface area (Å²) >= 11 is 0. The van der Waals surface area contributed by atoms with Crippen molar-refractivity contribution < 1.29 is 14.3 Å². The van der Waals surface area contributed by atoms with E-state index in [1.165, 1.54) is 0 Å². The molecule has 2 N–H and O–H groups in total. The zero-order valence-corrected chi connectivity index (χ0v) is 15.5. The van der Waals surface area contributed by atoms with Gasteiger partial charge in [-0.05, 0) is 45.0 Å². The standard InChI is InChI=1S/C19H21N5O3/c1-19(2,3)27-18(26)24-9-8-15-14(11-24)16(23-22-15)17(25)21-13-6-4-12(10-20)5-7-13/h4-7H,8-9,11H2,1-3H3,(H,21,25)(H,22,23). The van der Waals surface area contributed by atoms with Gasteiger partial charge in [-0.3, -0.25) is 9.89 Å². The van der Waals surface area contributed by atoms with E-state index in [1.807, 2.05) is 26.8 Å². The number of aromatic amines is 1. The fourth-order valence-corrected chi connectivity index (χ4v) is 2.78. The molecule has 0 fully saturated rings. The predicted molar refractivity (Wildman–Crippen MR) is 98.0 cm³/mol. The van der Waals surface area contributed by atoms with Gasteiger partial charge in [-0.2, -0.15) is 10.4 Å². The van der Waals surface area contributed by atoms with Crippen molar-refractivity contribution in [2.45, 2.75) is 39.3 Å². The third-order valence-corrected chi connectivity index (χ3v) is 4.07. The molecule has 2 aromatic rings. The zero-order chi connectivity index (χ0) is 19.6. The molecule has 0 saturated heterocycles. The average Bonchev–Trinajstić information content (AvgIpc) is 3.04. The van der Waals surface area contributed by atoms with E-state index in [2.05, 4.69) is 15.5 Å². The van der Waals surface area contributed by atoms with Crippen LogP contribution in [0.5, 0.6) is 0 Å². The van der Waals surface area contributed by atoms with Crippen molar-refractivity contribution in [3.05, 3.63) is 46.8 Å².